The maximum atomic E-state index is 12.6. The first-order valence-electron chi connectivity index (χ1n) is 9.34. The number of rotatable bonds is 4. The minimum absolute atomic E-state index is 0.0785. The van der Waals surface area contributed by atoms with Gasteiger partial charge in [0.1, 0.15) is 0 Å². The van der Waals surface area contributed by atoms with Gasteiger partial charge in [0.05, 0.1) is 11.0 Å². The van der Waals surface area contributed by atoms with Gasteiger partial charge in [-0.1, -0.05) is 18.6 Å². The Hall–Kier alpha value is -2.08. The van der Waals surface area contributed by atoms with Crippen molar-refractivity contribution in [2.75, 3.05) is 6.54 Å². The van der Waals surface area contributed by atoms with Gasteiger partial charge in [-0.2, -0.15) is 0 Å². The lowest BCUT2D eigenvalue weighted by Crippen LogP contribution is -2.49. The van der Waals surface area contributed by atoms with Crippen LogP contribution in [0, 0.1) is 17.8 Å². The Morgan fingerprint density at radius 2 is 1.96 bits per heavy atom. The number of carbonyl (C=O) groups is 1. The molecule has 2 aliphatic rings. The van der Waals surface area contributed by atoms with Crippen molar-refractivity contribution in [1.29, 1.82) is 0 Å². The molecule has 2 bridgehead atoms. The molecular formula is C19H26N4O2. The molecule has 2 unspecified atom stereocenters. The number of hydrogen-bond donors (Lipinski definition) is 3. The van der Waals surface area contributed by atoms with Crippen LogP contribution in [0.1, 0.15) is 32.1 Å². The number of aromatic nitrogens is 2. The third kappa shape index (κ3) is 3.11. The molecule has 2 aromatic rings. The van der Waals surface area contributed by atoms with E-state index in [9.17, 15) is 9.59 Å². The first-order valence-corrected chi connectivity index (χ1v) is 9.34. The highest BCUT2D eigenvalue weighted by Crippen LogP contribution is 2.41. The van der Waals surface area contributed by atoms with Crippen LogP contribution in [0.4, 0.5) is 0 Å². The average Bonchev–Trinajstić information content (AvgIpc) is 2.90. The predicted octanol–water partition coefficient (Wildman–Crippen LogP) is 1.60. The monoisotopic (exact) mass is 342 g/mol. The molecule has 4 rings (SSSR count). The highest BCUT2D eigenvalue weighted by atomic mass is 16.2. The molecule has 134 valence electrons. The van der Waals surface area contributed by atoms with E-state index in [-0.39, 0.29) is 23.6 Å². The Morgan fingerprint density at radius 1 is 1.24 bits per heavy atom. The maximum Gasteiger partial charge on any atom is 0.326 e. The molecule has 1 heterocycles. The standard InChI is InChI=1S/C19H26N4O2/c20-17-12-4-3-5-13(17)11-14(10-12)18(24)21-8-9-23-16-7-2-1-6-15(16)22-19(23)25/h1-2,6-7,12-14,17H,3-5,8-11,20H2,(H,21,24)(H,22,25). The van der Waals surface area contributed by atoms with E-state index in [2.05, 4.69) is 10.3 Å². The van der Waals surface area contributed by atoms with Crippen molar-refractivity contribution in [3.05, 3.63) is 34.7 Å². The summed E-state index contributed by atoms with van der Waals surface area (Å²) >= 11 is 0. The van der Waals surface area contributed by atoms with Gasteiger partial charge in [-0.15, -0.1) is 0 Å². The Balaban J connectivity index is 1.36. The van der Waals surface area contributed by atoms with Gasteiger partial charge in [-0.3, -0.25) is 9.36 Å². The summed E-state index contributed by atoms with van der Waals surface area (Å²) < 4.78 is 1.68. The molecule has 0 saturated heterocycles. The molecule has 25 heavy (non-hydrogen) atoms. The van der Waals surface area contributed by atoms with Gasteiger partial charge in [0, 0.05) is 25.0 Å². The molecule has 1 amide bonds. The molecule has 0 radical (unpaired) electrons. The van der Waals surface area contributed by atoms with Crippen LogP contribution in [0.2, 0.25) is 0 Å². The molecule has 1 aromatic carbocycles. The van der Waals surface area contributed by atoms with Crippen molar-refractivity contribution in [1.82, 2.24) is 14.9 Å². The highest BCUT2D eigenvalue weighted by molar-refractivity contribution is 5.79. The van der Waals surface area contributed by atoms with Crippen LogP contribution in [-0.4, -0.2) is 28.0 Å². The second-order valence-electron chi connectivity index (χ2n) is 7.59. The van der Waals surface area contributed by atoms with Crippen LogP contribution < -0.4 is 16.7 Å². The molecule has 1 aromatic heterocycles. The number of hydrogen-bond acceptors (Lipinski definition) is 3. The summed E-state index contributed by atoms with van der Waals surface area (Å²) in [5.74, 6) is 1.20. The van der Waals surface area contributed by atoms with Gasteiger partial charge in [0.25, 0.3) is 0 Å². The second-order valence-corrected chi connectivity index (χ2v) is 7.59. The number of fused-ring (bicyclic) bond motifs is 3. The van der Waals surface area contributed by atoms with Crippen LogP contribution in [-0.2, 0) is 11.3 Å². The number of nitrogens with one attached hydrogen (secondary N) is 2. The summed E-state index contributed by atoms with van der Waals surface area (Å²) in [4.78, 5) is 27.5. The zero-order valence-electron chi connectivity index (χ0n) is 14.4. The van der Waals surface area contributed by atoms with Gasteiger partial charge in [-0.05, 0) is 49.7 Å². The lowest BCUT2D eigenvalue weighted by Gasteiger charge is -2.43. The van der Waals surface area contributed by atoms with E-state index >= 15 is 0 Å². The van der Waals surface area contributed by atoms with E-state index in [4.69, 9.17) is 5.73 Å². The first-order chi connectivity index (χ1) is 12.1. The predicted molar refractivity (Wildman–Crippen MR) is 97.1 cm³/mol. The van der Waals surface area contributed by atoms with Crippen LogP contribution >= 0.6 is 0 Å². The number of nitrogens with two attached hydrogens (primary N) is 1. The molecular weight excluding hydrogens is 316 g/mol. The minimum atomic E-state index is -0.131. The lowest BCUT2D eigenvalue weighted by molar-refractivity contribution is -0.127. The normalized spacial score (nSPS) is 28.8. The number of imidazole rings is 1. The van der Waals surface area contributed by atoms with Gasteiger partial charge in [0.2, 0.25) is 5.91 Å². The molecule has 2 atom stereocenters. The van der Waals surface area contributed by atoms with Gasteiger partial charge < -0.3 is 16.0 Å². The highest BCUT2D eigenvalue weighted by Gasteiger charge is 2.40. The number of aromatic amines is 1. The Labute approximate surface area is 146 Å². The van der Waals surface area contributed by atoms with Crippen LogP contribution in [0.3, 0.4) is 0 Å². The Morgan fingerprint density at radius 3 is 2.72 bits per heavy atom. The third-order valence-electron chi connectivity index (χ3n) is 6.10. The third-order valence-corrected chi connectivity index (χ3v) is 6.10. The van der Waals surface area contributed by atoms with Crippen molar-refractivity contribution >= 4 is 16.9 Å². The van der Waals surface area contributed by atoms with Crippen LogP contribution in [0.15, 0.2) is 29.1 Å². The number of benzene rings is 1. The van der Waals surface area contributed by atoms with E-state index in [1.165, 1.54) is 6.42 Å². The molecule has 2 saturated carbocycles. The van der Waals surface area contributed by atoms with E-state index in [0.29, 0.717) is 24.9 Å². The van der Waals surface area contributed by atoms with Crippen molar-refractivity contribution in [2.45, 2.75) is 44.7 Å². The van der Waals surface area contributed by atoms with Gasteiger partial charge in [0.15, 0.2) is 0 Å². The van der Waals surface area contributed by atoms with E-state index in [1.54, 1.807) is 4.57 Å². The van der Waals surface area contributed by atoms with E-state index in [1.807, 2.05) is 24.3 Å². The fraction of sp³-hybridized carbons (Fsp3) is 0.579. The van der Waals surface area contributed by atoms with Crippen LogP contribution in [0.25, 0.3) is 11.0 Å². The summed E-state index contributed by atoms with van der Waals surface area (Å²) in [5, 5.41) is 3.03. The van der Waals surface area contributed by atoms with Crippen molar-refractivity contribution in [2.24, 2.45) is 23.5 Å². The van der Waals surface area contributed by atoms with Crippen molar-refractivity contribution in [3.8, 4) is 0 Å². The number of nitrogens with zero attached hydrogens (tertiary/aromatic N) is 1. The summed E-state index contributed by atoms with van der Waals surface area (Å²) in [5.41, 5.74) is 7.88. The summed E-state index contributed by atoms with van der Waals surface area (Å²) in [6.45, 7) is 0.951. The van der Waals surface area contributed by atoms with E-state index < -0.39 is 0 Å². The molecule has 2 aliphatic carbocycles. The van der Waals surface area contributed by atoms with Gasteiger partial charge >= 0.3 is 5.69 Å². The number of para-hydroxylation sites is 2. The molecule has 6 nitrogen and oxygen atoms in total. The number of H-pyrrole nitrogens is 1. The summed E-state index contributed by atoms with van der Waals surface area (Å²) in [6, 6.07) is 7.89. The zero-order valence-corrected chi connectivity index (χ0v) is 14.4. The minimum Gasteiger partial charge on any atom is -0.354 e. The SMILES string of the molecule is NC1C2CCCC1CC(C(=O)NCCn1c(=O)[nH]c3ccccc31)C2. The summed E-state index contributed by atoms with van der Waals surface area (Å²) in [6.07, 6.45) is 5.40. The number of carbonyl (C=O) groups excluding carboxylic acids is 1. The topological polar surface area (TPSA) is 92.9 Å². The Kier molecular flexibility index (Phi) is 4.37. The first kappa shape index (κ1) is 16.4. The maximum absolute atomic E-state index is 12.6. The smallest absolute Gasteiger partial charge is 0.326 e. The zero-order chi connectivity index (χ0) is 17.4. The molecule has 6 heteroatoms. The quantitative estimate of drug-likeness (QED) is 0.788. The van der Waals surface area contributed by atoms with Gasteiger partial charge in [-0.25, -0.2) is 4.79 Å². The van der Waals surface area contributed by atoms with E-state index in [0.717, 1.165) is 36.7 Å². The largest absolute Gasteiger partial charge is 0.354 e. The molecule has 0 spiro atoms. The van der Waals surface area contributed by atoms with Crippen molar-refractivity contribution in [3.63, 3.8) is 0 Å². The van der Waals surface area contributed by atoms with Crippen molar-refractivity contribution < 1.29 is 4.79 Å². The molecule has 4 N–H and O–H groups in total. The van der Waals surface area contributed by atoms with Crippen LogP contribution in [0.5, 0.6) is 0 Å². The number of amides is 1. The molecule has 2 fully saturated rings. The molecule has 0 aliphatic heterocycles. The fourth-order valence-electron chi connectivity index (χ4n) is 4.77. The fourth-order valence-corrected chi connectivity index (χ4v) is 4.77. The Bertz CT molecular complexity index is 810. The second kappa shape index (κ2) is 6.67. The summed E-state index contributed by atoms with van der Waals surface area (Å²) in [7, 11) is 0. The average molecular weight is 342 g/mol. The lowest BCUT2D eigenvalue weighted by atomic mass is 9.65.